The summed E-state index contributed by atoms with van der Waals surface area (Å²) < 4.78 is 0. The molecule has 1 aromatic heterocycles. The van der Waals surface area contributed by atoms with Crippen molar-refractivity contribution in [3.63, 3.8) is 0 Å². The molecule has 1 heterocycles. The lowest BCUT2D eigenvalue weighted by Crippen LogP contribution is -2.44. The molecule has 1 unspecified atom stereocenters. The Hall–Kier alpha value is -2.10. The molecule has 118 valence electrons. The van der Waals surface area contributed by atoms with Crippen LogP contribution in [0.1, 0.15) is 33.4 Å². The lowest BCUT2D eigenvalue weighted by atomic mass is 10.1. The second-order valence-electron chi connectivity index (χ2n) is 5.85. The minimum absolute atomic E-state index is 0.373. The van der Waals surface area contributed by atoms with Crippen LogP contribution in [0, 0.1) is 5.92 Å². The van der Waals surface area contributed by atoms with Gasteiger partial charge >= 0.3 is 0 Å². The molecular formula is C18H26N4. The van der Waals surface area contributed by atoms with Gasteiger partial charge in [0.15, 0.2) is 5.96 Å². The number of hydrogen-bond acceptors (Lipinski definition) is 2. The quantitative estimate of drug-likeness (QED) is 0.657. The van der Waals surface area contributed by atoms with Gasteiger partial charge in [-0.1, -0.05) is 38.1 Å². The molecule has 0 aliphatic heterocycles. The van der Waals surface area contributed by atoms with Crippen molar-refractivity contribution in [2.24, 2.45) is 10.9 Å². The Balaban J connectivity index is 2.18. The number of guanidine groups is 1. The fourth-order valence-corrected chi connectivity index (χ4v) is 2.16. The first-order valence-electron chi connectivity index (χ1n) is 7.99. The van der Waals surface area contributed by atoms with Crippen molar-refractivity contribution in [3.8, 4) is 0 Å². The number of aliphatic imine (C=N–C) groups is 1. The Bertz CT molecular complexity index is 629. The lowest BCUT2D eigenvalue weighted by Gasteiger charge is -2.20. The van der Waals surface area contributed by atoms with Gasteiger partial charge in [0.05, 0.1) is 12.2 Å². The average Bonchev–Trinajstić information content (AvgIpc) is 2.52. The van der Waals surface area contributed by atoms with Gasteiger partial charge < -0.3 is 10.6 Å². The van der Waals surface area contributed by atoms with E-state index in [1.165, 1.54) is 10.8 Å². The first kappa shape index (κ1) is 16.3. The summed E-state index contributed by atoms with van der Waals surface area (Å²) >= 11 is 0. The molecule has 2 N–H and O–H groups in total. The fourth-order valence-electron chi connectivity index (χ4n) is 2.16. The van der Waals surface area contributed by atoms with E-state index in [1.807, 2.05) is 24.4 Å². The summed E-state index contributed by atoms with van der Waals surface area (Å²) in [5.74, 6) is 1.40. The molecule has 1 atom stereocenters. The van der Waals surface area contributed by atoms with Gasteiger partial charge in [-0.05, 0) is 31.2 Å². The van der Waals surface area contributed by atoms with Crippen LogP contribution in [0.3, 0.4) is 0 Å². The predicted molar refractivity (Wildman–Crippen MR) is 94.0 cm³/mol. The molecule has 0 saturated carbocycles. The third kappa shape index (κ3) is 4.20. The average molecular weight is 298 g/mol. The van der Waals surface area contributed by atoms with Gasteiger partial charge in [0.25, 0.3) is 0 Å². The largest absolute Gasteiger partial charge is 0.357 e. The monoisotopic (exact) mass is 298 g/mol. The third-order valence-electron chi connectivity index (χ3n) is 3.85. The van der Waals surface area contributed by atoms with Crippen LogP contribution in [-0.2, 0) is 6.54 Å². The van der Waals surface area contributed by atoms with Crippen LogP contribution in [0.15, 0.2) is 41.5 Å². The lowest BCUT2D eigenvalue weighted by molar-refractivity contribution is 0.481. The van der Waals surface area contributed by atoms with E-state index in [9.17, 15) is 0 Å². The van der Waals surface area contributed by atoms with Gasteiger partial charge in [-0.15, -0.1) is 0 Å². The molecule has 4 heteroatoms. The van der Waals surface area contributed by atoms with Crippen LogP contribution >= 0.6 is 0 Å². The van der Waals surface area contributed by atoms with Crippen molar-refractivity contribution in [2.75, 3.05) is 6.54 Å². The molecular weight excluding hydrogens is 272 g/mol. The molecule has 0 aliphatic rings. The van der Waals surface area contributed by atoms with Crippen molar-refractivity contribution in [1.82, 2.24) is 15.6 Å². The second kappa shape index (κ2) is 7.78. The molecule has 0 fully saturated rings. The van der Waals surface area contributed by atoms with Gasteiger partial charge in [-0.3, -0.25) is 4.98 Å². The summed E-state index contributed by atoms with van der Waals surface area (Å²) in [6.07, 6.45) is 1.85. The Morgan fingerprint density at radius 2 is 1.95 bits per heavy atom. The Labute approximate surface area is 133 Å². The van der Waals surface area contributed by atoms with E-state index in [4.69, 9.17) is 0 Å². The highest BCUT2D eigenvalue weighted by Gasteiger charge is 2.09. The van der Waals surface area contributed by atoms with Crippen LogP contribution in [0.5, 0.6) is 0 Å². The first-order chi connectivity index (χ1) is 10.6. The van der Waals surface area contributed by atoms with Crippen molar-refractivity contribution in [2.45, 2.75) is 40.3 Å². The highest BCUT2D eigenvalue weighted by atomic mass is 15.2. The fraction of sp³-hybridized carbons (Fsp3) is 0.444. The maximum absolute atomic E-state index is 4.69. The van der Waals surface area contributed by atoms with E-state index in [1.54, 1.807) is 0 Å². The van der Waals surface area contributed by atoms with E-state index >= 15 is 0 Å². The molecule has 22 heavy (non-hydrogen) atoms. The summed E-state index contributed by atoms with van der Waals surface area (Å²) in [6, 6.07) is 10.7. The van der Waals surface area contributed by atoms with Crippen LogP contribution in [0.2, 0.25) is 0 Å². The van der Waals surface area contributed by atoms with Crippen molar-refractivity contribution < 1.29 is 0 Å². The van der Waals surface area contributed by atoms with Crippen molar-refractivity contribution >= 4 is 16.7 Å². The normalized spacial score (nSPS) is 13.4. The third-order valence-corrected chi connectivity index (χ3v) is 3.85. The number of rotatable bonds is 5. The van der Waals surface area contributed by atoms with E-state index in [0.29, 0.717) is 18.5 Å². The van der Waals surface area contributed by atoms with Crippen LogP contribution in [0.25, 0.3) is 10.8 Å². The molecule has 0 aliphatic carbocycles. The molecule has 2 aromatic rings. The van der Waals surface area contributed by atoms with Crippen LogP contribution < -0.4 is 10.6 Å². The zero-order chi connectivity index (χ0) is 15.9. The number of nitrogens with zero attached hydrogens (tertiary/aromatic N) is 2. The number of aromatic nitrogens is 1. The molecule has 0 bridgehead atoms. The SMILES string of the molecule is CCNC(=NCc1nccc2ccccc12)NC(C)C(C)C. The molecule has 0 saturated heterocycles. The molecule has 1 aromatic carbocycles. The maximum atomic E-state index is 4.69. The smallest absolute Gasteiger partial charge is 0.191 e. The van der Waals surface area contributed by atoms with Crippen molar-refractivity contribution in [3.05, 3.63) is 42.2 Å². The van der Waals surface area contributed by atoms with E-state index in [-0.39, 0.29) is 0 Å². The summed E-state index contributed by atoms with van der Waals surface area (Å²) in [4.78, 5) is 9.18. The number of pyridine rings is 1. The molecule has 4 nitrogen and oxygen atoms in total. The van der Waals surface area contributed by atoms with Gasteiger partial charge in [0.2, 0.25) is 0 Å². The van der Waals surface area contributed by atoms with Crippen LogP contribution in [-0.4, -0.2) is 23.5 Å². The minimum atomic E-state index is 0.373. The van der Waals surface area contributed by atoms with E-state index in [0.717, 1.165) is 18.2 Å². The second-order valence-corrected chi connectivity index (χ2v) is 5.85. The Morgan fingerprint density at radius 1 is 1.18 bits per heavy atom. The predicted octanol–water partition coefficient (Wildman–Crippen LogP) is 3.33. The standard InChI is InChI=1S/C18H26N4/c1-5-19-18(22-14(4)13(2)3)21-12-17-16-9-7-6-8-15(16)10-11-20-17/h6-11,13-14H,5,12H2,1-4H3,(H2,19,21,22). The highest BCUT2D eigenvalue weighted by Crippen LogP contribution is 2.16. The summed E-state index contributed by atoms with van der Waals surface area (Å²) in [5.41, 5.74) is 1.01. The van der Waals surface area contributed by atoms with Crippen LogP contribution in [0.4, 0.5) is 0 Å². The summed E-state index contributed by atoms with van der Waals surface area (Å²) in [6.45, 7) is 10.1. The van der Waals surface area contributed by atoms with Gasteiger partial charge in [-0.25, -0.2) is 4.99 Å². The Kier molecular flexibility index (Phi) is 5.75. The zero-order valence-corrected chi connectivity index (χ0v) is 13.9. The number of nitrogens with one attached hydrogen (secondary N) is 2. The summed E-state index contributed by atoms with van der Waals surface area (Å²) in [7, 11) is 0. The molecule has 0 spiro atoms. The molecule has 0 radical (unpaired) electrons. The first-order valence-corrected chi connectivity index (χ1v) is 7.99. The topological polar surface area (TPSA) is 49.3 Å². The minimum Gasteiger partial charge on any atom is -0.357 e. The number of hydrogen-bond donors (Lipinski definition) is 2. The van der Waals surface area contributed by atoms with Gasteiger partial charge in [0.1, 0.15) is 0 Å². The maximum Gasteiger partial charge on any atom is 0.191 e. The van der Waals surface area contributed by atoms with Gasteiger partial charge in [-0.2, -0.15) is 0 Å². The molecule has 0 amide bonds. The van der Waals surface area contributed by atoms with Gasteiger partial charge in [0, 0.05) is 24.2 Å². The number of fused-ring (bicyclic) bond motifs is 1. The van der Waals surface area contributed by atoms with E-state index < -0.39 is 0 Å². The summed E-state index contributed by atoms with van der Waals surface area (Å²) in [5, 5.41) is 9.12. The zero-order valence-electron chi connectivity index (χ0n) is 13.9. The van der Waals surface area contributed by atoms with E-state index in [2.05, 4.69) is 60.4 Å². The van der Waals surface area contributed by atoms with Crippen molar-refractivity contribution in [1.29, 1.82) is 0 Å². The highest BCUT2D eigenvalue weighted by molar-refractivity contribution is 5.85. The number of benzene rings is 1. The Morgan fingerprint density at radius 3 is 2.68 bits per heavy atom. The molecule has 2 rings (SSSR count).